The minimum absolute atomic E-state index is 0.108. The van der Waals surface area contributed by atoms with Gasteiger partial charge in [-0.2, -0.15) is 0 Å². The third-order valence-corrected chi connectivity index (χ3v) is 3.11. The van der Waals surface area contributed by atoms with Crippen molar-refractivity contribution >= 4 is 5.97 Å². The van der Waals surface area contributed by atoms with Crippen molar-refractivity contribution in [2.45, 2.75) is 40.0 Å². The van der Waals surface area contributed by atoms with Gasteiger partial charge in [-0.1, -0.05) is 20.8 Å². The molecule has 88 valence electrons. The van der Waals surface area contributed by atoms with E-state index in [1.165, 1.54) is 0 Å². The maximum absolute atomic E-state index is 10.7. The van der Waals surface area contributed by atoms with Crippen LogP contribution >= 0.6 is 0 Å². The van der Waals surface area contributed by atoms with Crippen LogP contribution in [0.4, 0.5) is 0 Å². The fourth-order valence-electron chi connectivity index (χ4n) is 2.18. The molecule has 0 aromatic carbocycles. The smallest absolute Gasteiger partial charge is 0.303 e. The molecule has 0 aromatic rings. The molecule has 1 fully saturated rings. The second-order valence-corrected chi connectivity index (χ2v) is 5.29. The van der Waals surface area contributed by atoms with Crippen molar-refractivity contribution in [3.05, 3.63) is 0 Å². The predicted molar refractivity (Wildman–Crippen MR) is 60.9 cm³/mol. The number of carboxylic acid groups (broad SMARTS) is 1. The molecule has 0 amide bonds. The molecule has 0 aromatic heterocycles. The summed E-state index contributed by atoms with van der Waals surface area (Å²) in [5.74, 6) is 0.0127. The summed E-state index contributed by atoms with van der Waals surface area (Å²) in [6.45, 7) is 9.64. The first kappa shape index (κ1) is 12.5. The van der Waals surface area contributed by atoms with Gasteiger partial charge in [0.25, 0.3) is 0 Å². The molecule has 0 atom stereocenters. The quantitative estimate of drug-likeness (QED) is 0.705. The lowest BCUT2D eigenvalue weighted by Crippen LogP contribution is -2.34. The third-order valence-electron chi connectivity index (χ3n) is 3.11. The number of carbonyl (C=O) groups is 1. The molecule has 1 aliphatic rings. The molecule has 1 N–H and O–H groups in total. The SMILES string of the molecule is CCN(CC(C)C)CC1(CC(=O)O)CC1. The van der Waals surface area contributed by atoms with E-state index in [2.05, 4.69) is 25.7 Å². The third kappa shape index (κ3) is 4.20. The van der Waals surface area contributed by atoms with Gasteiger partial charge in [-0.25, -0.2) is 0 Å². The first-order valence-corrected chi connectivity index (χ1v) is 5.91. The summed E-state index contributed by atoms with van der Waals surface area (Å²) in [4.78, 5) is 13.1. The van der Waals surface area contributed by atoms with Crippen LogP contribution < -0.4 is 0 Å². The fourth-order valence-corrected chi connectivity index (χ4v) is 2.18. The molecular formula is C12H23NO2. The Kier molecular flexibility index (Phi) is 4.14. The van der Waals surface area contributed by atoms with E-state index < -0.39 is 5.97 Å². The maximum atomic E-state index is 10.7. The molecule has 1 rings (SSSR count). The molecule has 0 saturated heterocycles. The van der Waals surface area contributed by atoms with Crippen molar-refractivity contribution in [3.63, 3.8) is 0 Å². The normalized spacial score (nSPS) is 18.5. The summed E-state index contributed by atoms with van der Waals surface area (Å²) in [7, 11) is 0. The number of aliphatic carboxylic acids is 1. The van der Waals surface area contributed by atoms with Gasteiger partial charge in [0.2, 0.25) is 0 Å². The maximum Gasteiger partial charge on any atom is 0.303 e. The van der Waals surface area contributed by atoms with Crippen molar-refractivity contribution < 1.29 is 9.90 Å². The van der Waals surface area contributed by atoms with Gasteiger partial charge in [0.05, 0.1) is 6.42 Å². The monoisotopic (exact) mass is 213 g/mol. The Morgan fingerprint density at radius 2 is 2.07 bits per heavy atom. The zero-order chi connectivity index (χ0) is 11.5. The van der Waals surface area contributed by atoms with E-state index in [1.807, 2.05) is 0 Å². The zero-order valence-corrected chi connectivity index (χ0v) is 10.1. The molecule has 0 aliphatic heterocycles. The molecule has 0 heterocycles. The molecule has 15 heavy (non-hydrogen) atoms. The number of rotatable bonds is 7. The summed E-state index contributed by atoms with van der Waals surface area (Å²) in [6.07, 6.45) is 2.53. The lowest BCUT2D eigenvalue weighted by molar-refractivity contribution is -0.138. The van der Waals surface area contributed by atoms with E-state index in [9.17, 15) is 4.79 Å². The standard InChI is InChI=1S/C12H23NO2/c1-4-13(8-10(2)3)9-12(5-6-12)7-11(14)15/h10H,4-9H2,1-3H3,(H,14,15). The molecule has 0 radical (unpaired) electrons. The van der Waals surface area contributed by atoms with Gasteiger partial charge in [-0.15, -0.1) is 0 Å². The van der Waals surface area contributed by atoms with Crippen molar-refractivity contribution in [1.29, 1.82) is 0 Å². The van der Waals surface area contributed by atoms with Crippen molar-refractivity contribution in [2.24, 2.45) is 11.3 Å². The van der Waals surface area contributed by atoms with Gasteiger partial charge in [-0.3, -0.25) is 4.79 Å². The summed E-state index contributed by atoms with van der Waals surface area (Å²) in [5.41, 5.74) is 0.108. The number of carboxylic acids is 1. The molecular weight excluding hydrogens is 190 g/mol. The van der Waals surface area contributed by atoms with E-state index in [4.69, 9.17) is 5.11 Å². The number of hydrogen-bond acceptors (Lipinski definition) is 2. The Hall–Kier alpha value is -0.570. The topological polar surface area (TPSA) is 40.5 Å². The van der Waals surface area contributed by atoms with Gasteiger partial charge >= 0.3 is 5.97 Å². The van der Waals surface area contributed by atoms with Gasteiger partial charge in [0, 0.05) is 13.1 Å². The largest absolute Gasteiger partial charge is 0.481 e. The number of hydrogen-bond donors (Lipinski definition) is 1. The highest BCUT2D eigenvalue weighted by Gasteiger charge is 2.45. The zero-order valence-electron chi connectivity index (χ0n) is 10.1. The lowest BCUT2D eigenvalue weighted by Gasteiger charge is -2.26. The Morgan fingerprint density at radius 3 is 2.40 bits per heavy atom. The van der Waals surface area contributed by atoms with E-state index in [0.717, 1.165) is 32.5 Å². The summed E-state index contributed by atoms with van der Waals surface area (Å²) >= 11 is 0. The number of nitrogens with zero attached hydrogens (tertiary/aromatic N) is 1. The van der Waals surface area contributed by atoms with Crippen LogP contribution in [0.3, 0.4) is 0 Å². The van der Waals surface area contributed by atoms with E-state index >= 15 is 0 Å². The van der Waals surface area contributed by atoms with Gasteiger partial charge < -0.3 is 10.0 Å². The summed E-state index contributed by atoms with van der Waals surface area (Å²) in [6, 6.07) is 0. The average Bonchev–Trinajstić information content (AvgIpc) is 2.81. The molecule has 0 spiro atoms. The van der Waals surface area contributed by atoms with Crippen LogP contribution in [0.2, 0.25) is 0 Å². The lowest BCUT2D eigenvalue weighted by atomic mass is 10.0. The first-order chi connectivity index (χ1) is 6.97. The van der Waals surface area contributed by atoms with E-state index in [1.54, 1.807) is 0 Å². The molecule has 3 nitrogen and oxygen atoms in total. The minimum atomic E-state index is -0.645. The van der Waals surface area contributed by atoms with E-state index in [-0.39, 0.29) is 5.41 Å². The molecule has 1 saturated carbocycles. The molecule has 0 unspecified atom stereocenters. The van der Waals surface area contributed by atoms with Gasteiger partial charge in [-0.05, 0) is 30.7 Å². The first-order valence-electron chi connectivity index (χ1n) is 5.91. The van der Waals surface area contributed by atoms with Crippen molar-refractivity contribution in [1.82, 2.24) is 4.90 Å². The summed E-state index contributed by atoms with van der Waals surface area (Å²) < 4.78 is 0. The second-order valence-electron chi connectivity index (χ2n) is 5.29. The second kappa shape index (κ2) is 4.97. The van der Waals surface area contributed by atoms with E-state index in [0.29, 0.717) is 12.3 Å². The van der Waals surface area contributed by atoms with Crippen LogP contribution in [0.15, 0.2) is 0 Å². The molecule has 1 aliphatic carbocycles. The van der Waals surface area contributed by atoms with Crippen LogP contribution in [0.5, 0.6) is 0 Å². The highest BCUT2D eigenvalue weighted by molar-refractivity contribution is 5.68. The highest BCUT2D eigenvalue weighted by atomic mass is 16.4. The van der Waals surface area contributed by atoms with Gasteiger partial charge in [0.15, 0.2) is 0 Å². The average molecular weight is 213 g/mol. The van der Waals surface area contributed by atoms with Crippen molar-refractivity contribution in [2.75, 3.05) is 19.6 Å². The van der Waals surface area contributed by atoms with Crippen LogP contribution in [-0.2, 0) is 4.79 Å². The Bertz CT molecular complexity index is 222. The Morgan fingerprint density at radius 1 is 1.47 bits per heavy atom. The summed E-state index contributed by atoms with van der Waals surface area (Å²) in [5, 5.41) is 8.84. The minimum Gasteiger partial charge on any atom is -0.481 e. The van der Waals surface area contributed by atoms with Crippen molar-refractivity contribution in [3.8, 4) is 0 Å². The van der Waals surface area contributed by atoms with Crippen LogP contribution in [0.25, 0.3) is 0 Å². The predicted octanol–water partition coefficient (Wildman–Crippen LogP) is 2.22. The molecule has 3 heteroatoms. The van der Waals surface area contributed by atoms with Gasteiger partial charge in [0.1, 0.15) is 0 Å². The van der Waals surface area contributed by atoms with Crippen LogP contribution in [-0.4, -0.2) is 35.6 Å². The van der Waals surface area contributed by atoms with Crippen LogP contribution in [0.1, 0.15) is 40.0 Å². The Labute approximate surface area is 92.5 Å². The fraction of sp³-hybridized carbons (Fsp3) is 0.917. The highest BCUT2D eigenvalue weighted by Crippen LogP contribution is 2.49. The van der Waals surface area contributed by atoms with Crippen LogP contribution in [0, 0.1) is 11.3 Å². The Balaban J connectivity index is 2.40. The molecule has 0 bridgehead atoms.